The Morgan fingerprint density at radius 1 is 1.10 bits per heavy atom. The van der Waals surface area contributed by atoms with Gasteiger partial charge in [-0.1, -0.05) is 19.9 Å². The molecule has 1 aromatic carbocycles. The maximum Gasteiger partial charge on any atom is 0.250 e. The monoisotopic (exact) mass is 311 g/mol. The Hall–Kier alpha value is -1.27. The molecule has 21 heavy (non-hydrogen) atoms. The molecule has 2 fully saturated rings. The van der Waals surface area contributed by atoms with E-state index in [1.54, 1.807) is 22.5 Å². The van der Waals surface area contributed by atoms with Crippen molar-refractivity contribution < 1.29 is 17.9 Å². The molecule has 6 heteroatoms. The van der Waals surface area contributed by atoms with Crippen molar-refractivity contribution in [2.75, 3.05) is 27.3 Å². The van der Waals surface area contributed by atoms with Crippen molar-refractivity contribution in [1.82, 2.24) is 4.31 Å². The van der Waals surface area contributed by atoms with Gasteiger partial charge in [0.15, 0.2) is 4.90 Å². The molecule has 1 aromatic rings. The van der Waals surface area contributed by atoms with Crippen LogP contribution in [0.5, 0.6) is 11.5 Å². The highest BCUT2D eigenvalue weighted by Gasteiger charge is 2.63. The van der Waals surface area contributed by atoms with Crippen LogP contribution in [0.4, 0.5) is 0 Å². The Bertz CT molecular complexity index is 632. The summed E-state index contributed by atoms with van der Waals surface area (Å²) in [6, 6.07) is 5.02. The third kappa shape index (κ3) is 2.04. The van der Waals surface area contributed by atoms with Crippen LogP contribution in [-0.2, 0) is 10.0 Å². The summed E-state index contributed by atoms with van der Waals surface area (Å²) in [4.78, 5) is 0.133. The Morgan fingerprint density at radius 2 is 1.57 bits per heavy atom. The van der Waals surface area contributed by atoms with Gasteiger partial charge in [-0.05, 0) is 29.4 Å². The van der Waals surface area contributed by atoms with Crippen LogP contribution in [0.25, 0.3) is 0 Å². The van der Waals surface area contributed by atoms with Crippen LogP contribution in [0.1, 0.15) is 13.8 Å². The van der Waals surface area contributed by atoms with Gasteiger partial charge in [0.05, 0.1) is 14.2 Å². The zero-order valence-electron chi connectivity index (χ0n) is 12.8. The second-order valence-corrected chi connectivity index (χ2v) is 8.22. The molecule has 2 aliphatic rings. The van der Waals surface area contributed by atoms with E-state index in [4.69, 9.17) is 9.47 Å². The Labute approximate surface area is 125 Å². The van der Waals surface area contributed by atoms with E-state index in [1.165, 1.54) is 14.2 Å². The summed E-state index contributed by atoms with van der Waals surface area (Å²) >= 11 is 0. The van der Waals surface area contributed by atoms with Gasteiger partial charge >= 0.3 is 0 Å². The molecule has 1 heterocycles. The van der Waals surface area contributed by atoms with Crippen LogP contribution in [0.3, 0.4) is 0 Å². The predicted molar refractivity (Wildman–Crippen MR) is 79.1 cm³/mol. The summed E-state index contributed by atoms with van der Waals surface area (Å²) in [5, 5.41) is 0. The number of fused-ring (bicyclic) bond motifs is 1. The fourth-order valence-electron chi connectivity index (χ4n) is 3.49. The zero-order chi connectivity index (χ0) is 15.4. The highest BCUT2D eigenvalue weighted by Crippen LogP contribution is 2.62. The van der Waals surface area contributed by atoms with E-state index in [-0.39, 0.29) is 10.3 Å². The van der Waals surface area contributed by atoms with Crippen LogP contribution in [-0.4, -0.2) is 40.0 Å². The number of nitrogens with zero attached hydrogens (tertiary/aromatic N) is 1. The summed E-state index contributed by atoms with van der Waals surface area (Å²) in [7, 11) is -0.652. The average Bonchev–Trinajstić information content (AvgIpc) is 2.85. The third-order valence-electron chi connectivity index (χ3n) is 5.07. The van der Waals surface area contributed by atoms with E-state index in [1.807, 2.05) is 0 Å². The zero-order valence-corrected chi connectivity index (χ0v) is 13.6. The number of hydrogen-bond acceptors (Lipinski definition) is 4. The number of piperidine rings is 1. The first-order valence-corrected chi connectivity index (χ1v) is 8.49. The van der Waals surface area contributed by atoms with Crippen molar-refractivity contribution >= 4 is 10.0 Å². The molecule has 1 aliphatic heterocycles. The number of ether oxygens (including phenoxy) is 2. The molecule has 0 amide bonds. The highest BCUT2D eigenvalue weighted by atomic mass is 32.2. The molecule has 2 atom stereocenters. The van der Waals surface area contributed by atoms with Crippen molar-refractivity contribution in [3.63, 3.8) is 0 Å². The minimum Gasteiger partial charge on any atom is -0.495 e. The van der Waals surface area contributed by atoms with Gasteiger partial charge < -0.3 is 9.47 Å². The van der Waals surface area contributed by atoms with Crippen molar-refractivity contribution in [3.05, 3.63) is 18.2 Å². The first kappa shape index (κ1) is 14.7. The van der Waals surface area contributed by atoms with Crippen molar-refractivity contribution in [1.29, 1.82) is 0 Å². The van der Waals surface area contributed by atoms with Gasteiger partial charge in [0.1, 0.15) is 11.5 Å². The first-order valence-electron chi connectivity index (χ1n) is 7.05. The Balaban J connectivity index is 1.97. The second-order valence-electron chi connectivity index (χ2n) is 6.35. The fraction of sp³-hybridized carbons (Fsp3) is 0.600. The lowest BCUT2D eigenvalue weighted by Gasteiger charge is -2.23. The first-order chi connectivity index (χ1) is 9.83. The summed E-state index contributed by atoms with van der Waals surface area (Å²) in [6.07, 6.45) is 0. The maximum absolute atomic E-state index is 12.9. The van der Waals surface area contributed by atoms with Gasteiger partial charge in [-0.25, -0.2) is 8.42 Å². The van der Waals surface area contributed by atoms with Gasteiger partial charge in [-0.3, -0.25) is 0 Å². The molecule has 5 nitrogen and oxygen atoms in total. The molecule has 116 valence electrons. The second kappa shape index (κ2) is 4.61. The van der Waals surface area contributed by atoms with Crippen LogP contribution < -0.4 is 9.47 Å². The van der Waals surface area contributed by atoms with E-state index in [0.29, 0.717) is 36.4 Å². The van der Waals surface area contributed by atoms with Gasteiger partial charge in [-0.15, -0.1) is 0 Å². The number of rotatable bonds is 4. The predicted octanol–water partition coefficient (Wildman–Crippen LogP) is 1.98. The molecule has 0 aromatic heterocycles. The Morgan fingerprint density at radius 3 is 2.00 bits per heavy atom. The summed E-state index contributed by atoms with van der Waals surface area (Å²) in [6.45, 7) is 5.58. The Kier molecular flexibility index (Phi) is 3.22. The molecule has 3 rings (SSSR count). The lowest BCUT2D eigenvalue weighted by molar-refractivity contribution is 0.349. The van der Waals surface area contributed by atoms with Gasteiger partial charge in [0.25, 0.3) is 0 Å². The lowest BCUT2D eigenvalue weighted by Crippen LogP contribution is -2.33. The largest absolute Gasteiger partial charge is 0.495 e. The fourth-order valence-corrected chi connectivity index (χ4v) is 5.28. The molecule has 0 radical (unpaired) electrons. The molecule has 0 spiro atoms. The van der Waals surface area contributed by atoms with Crippen molar-refractivity contribution in [2.45, 2.75) is 18.7 Å². The van der Waals surface area contributed by atoms with E-state index >= 15 is 0 Å². The van der Waals surface area contributed by atoms with Crippen LogP contribution in [0, 0.1) is 17.3 Å². The topological polar surface area (TPSA) is 55.8 Å². The molecule has 1 saturated carbocycles. The van der Waals surface area contributed by atoms with Gasteiger partial charge in [0.2, 0.25) is 10.0 Å². The van der Waals surface area contributed by atoms with Crippen LogP contribution in [0.2, 0.25) is 0 Å². The van der Waals surface area contributed by atoms with Crippen molar-refractivity contribution in [3.8, 4) is 11.5 Å². The molecule has 2 unspecified atom stereocenters. The normalized spacial score (nSPS) is 27.2. The number of hydrogen-bond donors (Lipinski definition) is 0. The molecule has 0 bridgehead atoms. The van der Waals surface area contributed by atoms with E-state index in [0.717, 1.165) is 0 Å². The number of methoxy groups -OCH3 is 2. The molecular weight excluding hydrogens is 290 g/mol. The van der Waals surface area contributed by atoms with E-state index in [9.17, 15) is 8.42 Å². The van der Waals surface area contributed by atoms with E-state index in [2.05, 4.69) is 13.8 Å². The number of sulfonamides is 1. The summed E-state index contributed by atoms with van der Waals surface area (Å²) in [5.41, 5.74) is 0.275. The molecule has 0 N–H and O–H groups in total. The minimum absolute atomic E-state index is 0.133. The molecular formula is C15H21NO4S. The number of benzene rings is 1. The SMILES string of the molecule is COc1cccc(OC)c1S(=O)(=O)N1CC2C(C1)C2(C)C. The lowest BCUT2D eigenvalue weighted by atomic mass is 10.1. The van der Waals surface area contributed by atoms with Gasteiger partial charge in [0, 0.05) is 13.1 Å². The maximum atomic E-state index is 12.9. The quantitative estimate of drug-likeness (QED) is 0.853. The average molecular weight is 311 g/mol. The summed E-state index contributed by atoms with van der Waals surface area (Å²) < 4.78 is 37.9. The molecule has 1 aliphatic carbocycles. The molecule has 1 saturated heterocycles. The smallest absolute Gasteiger partial charge is 0.250 e. The van der Waals surface area contributed by atoms with Crippen LogP contribution in [0.15, 0.2) is 23.1 Å². The summed E-state index contributed by atoms with van der Waals surface area (Å²) in [5.74, 6) is 1.59. The van der Waals surface area contributed by atoms with Crippen LogP contribution >= 0.6 is 0 Å². The standard InChI is InChI=1S/C15H21NO4S/c1-15(2)10-8-16(9-11(10)15)21(17,18)14-12(19-3)6-5-7-13(14)20-4/h5-7,10-11H,8-9H2,1-4H3. The minimum atomic E-state index is -3.59. The van der Waals surface area contributed by atoms with E-state index < -0.39 is 10.0 Å². The van der Waals surface area contributed by atoms with Crippen molar-refractivity contribution in [2.24, 2.45) is 17.3 Å². The van der Waals surface area contributed by atoms with Gasteiger partial charge in [-0.2, -0.15) is 4.31 Å². The highest BCUT2D eigenvalue weighted by molar-refractivity contribution is 7.89. The third-order valence-corrected chi connectivity index (χ3v) is 6.97.